The summed E-state index contributed by atoms with van der Waals surface area (Å²) in [6.45, 7) is 7.47. The molecular weight excluding hydrogens is 396 g/mol. The predicted octanol–water partition coefficient (Wildman–Crippen LogP) is 1.68. The molecule has 31 heavy (non-hydrogen) atoms. The van der Waals surface area contributed by atoms with Gasteiger partial charge < -0.3 is 19.1 Å². The molecule has 0 spiro atoms. The van der Waals surface area contributed by atoms with Crippen LogP contribution in [0.3, 0.4) is 0 Å². The molecule has 1 aromatic heterocycles. The Labute approximate surface area is 184 Å². The molecule has 0 saturated carbocycles. The van der Waals surface area contributed by atoms with Crippen LogP contribution in [0.5, 0.6) is 0 Å². The molecule has 1 unspecified atom stereocenters. The lowest BCUT2D eigenvalue weighted by Crippen LogP contribution is -2.54. The quantitative estimate of drug-likeness (QED) is 0.726. The van der Waals surface area contributed by atoms with E-state index >= 15 is 0 Å². The van der Waals surface area contributed by atoms with Gasteiger partial charge >= 0.3 is 0 Å². The summed E-state index contributed by atoms with van der Waals surface area (Å²) in [5.74, 6) is 0.649. The molecule has 3 aliphatic rings. The topological polar surface area (TPSA) is 77.3 Å². The molecule has 0 N–H and O–H groups in total. The first-order valence-corrected chi connectivity index (χ1v) is 11.7. The molecule has 0 aromatic carbocycles. The number of nitrogens with zero attached hydrogens (tertiary/aromatic N) is 4. The summed E-state index contributed by atoms with van der Waals surface area (Å²) < 4.78 is 5.20. The van der Waals surface area contributed by atoms with Crippen molar-refractivity contribution in [3.63, 3.8) is 0 Å². The van der Waals surface area contributed by atoms with Crippen molar-refractivity contribution >= 4 is 17.7 Å². The Morgan fingerprint density at radius 2 is 1.68 bits per heavy atom. The molecule has 1 aromatic rings. The molecule has 4 heterocycles. The first kappa shape index (κ1) is 21.9. The second kappa shape index (κ2) is 9.85. The van der Waals surface area contributed by atoms with Crippen molar-refractivity contribution in [2.24, 2.45) is 5.92 Å². The number of furan rings is 1. The van der Waals surface area contributed by atoms with Gasteiger partial charge in [0.1, 0.15) is 0 Å². The standard InChI is InChI=1S/C23H34N4O4/c1-18-5-2-3-9-27(18)21(28)17-24-12-14-26(15-13-24)22(29)19-7-10-25(11-8-19)23(30)20-6-4-16-31-20/h4,6,16,18-19H,2-3,5,7-15,17H2,1H3. The third-order valence-electron chi connectivity index (χ3n) is 7.03. The van der Waals surface area contributed by atoms with Gasteiger partial charge in [0, 0.05) is 57.8 Å². The lowest BCUT2D eigenvalue weighted by molar-refractivity contribution is -0.140. The Morgan fingerprint density at radius 1 is 0.935 bits per heavy atom. The van der Waals surface area contributed by atoms with E-state index in [2.05, 4.69) is 11.8 Å². The Kier molecular flexibility index (Phi) is 6.95. The normalized spacial score (nSPS) is 23.8. The minimum Gasteiger partial charge on any atom is -0.459 e. The van der Waals surface area contributed by atoms with Crippen LogP contribution in [0.4, 0.5) is 0 Å². The summed E-state index contributed by atoms with van der Waals surface area (Å²) in [5.41, 5.74) is 0. The molecule has 0 aliphatic carbocycles. The highest BCUT2D eigenvalue weighted by molar-refractivity contribution is 5.91. The molecule has 3 fully saturated rings. The molecule has 3 amide bonds. The Balaban J connectivity index is 1.20. The lowest BCUT2D eigenvalue weighted by atomic mass is 9.94. The van der Waals surface area contributed by atoms with E-state index in [0.717, 1.165) is 32.5 Å². The molecule has 8 heteroatoms. The van der Waals surface area contributed by atoms with Gasteiger partial charge in [0.15, 0.2) is 5.76 Å². The van der Waals surface area contributed by atoms with Gasteiger partial charge in [0.2, 0.25) is 11.8 Å². The van der Waals surface area contributed by atoms with E-state index in [1.807, 2.05) is 9.80 Å². The smallest absolute Gasteiger partial charge is 0.289 e. The number of hydrogen-bond acceptors (Lipinski definition) is 5. The minimum atomic E-state index is -0.0998. The first-order valence-electron chi connectivity index (χ1n) is 11.7. The average molecular weight is 431 g/mol. The van der Waals surface area contributed by atoms with Crippen molar-refractivity contribution in [3.8, 4) is 0 Å². The van der Waals surface area contributed by atoms with Crippen molar-refractivity contribution in [1.82, 2.24) is 19.6 Å². The summed E-state index contributed by atoms with van der Waals surface area (Å²) >= 11 is 0. The van der Waals surface area contributed by atoms with Gasteiger partial charge in [-0.2, -0.15) is 0 Å². The van der Waals surface area contributed by atoms with E-state index in [9.17, 15) is 14.4 Å². The van der Waals surface area contributed by atoms with Gasteiger partial charge in [-0.05, 0) is 51.2 Å². The number of hydrogen-bond donors (Lipinski definition) is 0. The zero-order valence-corrected chi connectivity index (χ0v) is 18.5. The van der Waals surface area contributed by atoms with Crippen molar-refractivity contribution < 1.29 is 18.8 Å². The molecule has 0 radical (unpaired) electrons. The van der Waals surface area contributed by atoms with E-state index in [1.54, 1.807) is 17.0 Å². The van der Waals surface area contributed by atoms with Crippen LogP contribution in [0.2, 0.25) is 0 Å². The number of rotatable bonds is 4. The summed E-state index contributed by atoms with van der Waals surface area (Å²) in [5, 5.41) is 0. The van der Waals surface area contributed by atoms with Gasteiger partial charge in [-0.3, -0.25) is 19.3 Å². The predicted molar refractivity (Wildman–Crippen MR) is 115 cm³/mol. The van der Waals surface area contributed by atoms with Crippen LogP contribution in [-0.4, -0.2) is 95.7 Å². The van der Waals surface area contributed by atoms with Crippen molar-refractivity contribution in [3.05, 3.63) is 24.2 Å². The largest absolute Gasteiger partial charge is 0.459 e. The van der Waals surface area contributed by atoms with Gasteiger partial charge in [-0.1, -0.05) is 0 Å². The van der Waals surface area contributed by atoms with Crippen molar-refractivity contribution in [1.29, 1.82) is 0 Å². The van der Waals surface area contributed by atoms with Gasteiger partial charge in [-0.25, -0.2) is 0 Å². The highest BCUT2D eigenvalue weighted by Crippen LogP contribution is 2.22. The zero-order valence-electron chi connectivity index (χ0n) is 18.5. The fraction of sp³-hybridized carbons (Fsp3) is 0.696. The summed E-state index contributed by atoms with van der Waals surface area (Å²) in [7, 11) is 0. The molecular formula is C23H34N4O4. The molecule has 3 aliphatic heterocycles. The SMILES string of the molecule is CC1CCCCN1C(=O)CN1CCN(C(=O)C2CCN(C(=O)c3ccco3)CC2)CC1. The van der Waals surface area contributed by atoms with E-state index in [4.69, 9.17) is 4.42 Å². The second-order valence-corrected chi connectivity index (χ2v) is 9.08. The molecule has 1 atom stereocenters. The molecule has 8 nitrogen and oxygen atoms in total. The van der Waals surface area contributed by atoms with E-state index in [0.29, 0.717) is 57.4 Å². The number of piperazine rings is 1. The van der Waals surface area contributed by atoms with Crippen LogP contribution in [0.1, 0.15) is 49.6 Å². The molecule has 170 valence electrons. The minimum absolute atomic E-state index is 0.0250. The van der Waals surface area contributed by atoms with Crippen LogP contribution < -0.4 is 0 Å². The van der Waals surface area contributed by atoms with E-state index in [1.165, 1.54) is 12.7 Å². The van der Waals surface area contributed by atoms with Gasteiger partial charge in [-0.15, -0.1) is 0 Å². The van der Waals surface area contributed by atoms with Gasteiger partial charge in [0.05, 0.1) is 12.8 Å². The van der Waals surface area contributed by atoms with Crippen molar-refractivity contribution in [2.45, 2.75) is 45.1 Å². The third kappa shape index (κ3) is 5.11. The number of carbonyl (C=O) groups excluding carboxylic acids is 3. The maximum Gasteiger partial charge on any atom is 0.289 e. The Bertz CT molecular complexity index is 765. The zero-order chi connectivity index (χ0) is 21.8. The summed E-state index contributed by atoms with van der Waals surface area (Å²) in [4.78, 5) is 46.0. The lowest BCUT2D eigenvalue weighted by Gasteiger charge is -2.39. The highest BCUT2D eigenvalue weighted by atomic mass is 16.3. The van der Waals surface area contributed by atoms with Crippen LogP contribution in [0, 0.1) is 5.92 Å². The second-order valence-electron chi connectivity index (χ2n) is 9.08. The maximum absolute atomic E-state index is 13.0. The average Bonchev–Trinajstić information content (AvgIpc) is 3.34. The number of piperidine rings is 2. The number of likely N-dealkylation sites (tertiary alicyclic amines) is 2. The van der Waals surface area contributed by atoms with Crippen LogP contribution in [0.25, 0.3) is 0 Å². The molecule has 3 saturated heterocycles. The fourth-order valence-corrected chi connectivity index (χ4v) is 5.02. The monoisotopic (exact) mass is 430 g/mol. The van der Waals surface area contributed by atoms with E-state index < -0.39 is 0 Å². The molecule has 0 bridgehead atoms. The van der Waals surface area contributed by atoms with Crippen molar-refractivity contribution in [2.75, 3.05) is 52.4 Å². The maximum atomic E-state index is 13.0. The Hall–Kier alpha value is -2.35. The number of amides is 3. The highest BCUT2D eigenvalue weighted by Gasteiger charge is 2.33. The van der Waals surface area contributed by atoms with Crippen LogP contribution >= 0.6 is 0 Å². The van der Waals surface area contributed by atoms with E-state index in [-0.39, 0.29) is 23.6 Å². The number of carbonyl (C=O) groups is 3. The summed E-state index contributed by atoms with van der Waals surface area (Å²) in [6, 6.07) is 3.73. The first-order chi connectivity index (χ1) is 15.0. The summed E-state index contributed by atoms with van der Waals surface area (Å²) in [6.07, 6.45) is 6.30. The van der Waals surface area contributed by atoms with Gasteiger partial charge in [0.25, 0.3) is 5.91 Å². The van der Waals surface area contributed by atoms with Crippen LogP contribution in [0.15, 0.2) is 22.8 Å². The fourth-order valence-electron chi connectivity index (χ4n) is 5.02. The molecule has 4 rings (SSSR count). The Morgan fingerprint density at radius 3 is 2.32 bits per heavy atom. The third-order valence-corrected chi connectivity index (χ3v) is 7.03. The van der Waals surface area contributed by atoms with Crippen LogP contribution in [-0.2, 0) is 9.59 Å².